The maximum Gasteiger partial charge on any atom is 0.168 e. The van der Waals surface area contributed by atoms with Crippen molar-refractivity contribution >= 4 is 11.6 Å². The fourth-order valence-electron chi connectivity index (χ4n) is 2.67. The Kier molecular flexibility index (Phi) is 4.75. The van der Waals surface area contributed by atoms with Crippen molar-refractivity contribution in [3.8, 4) is 0 Å². The largest absolute Gasteiger partial charge is 0.396 e. The van der Waals surface area contributed by atoms with E-state index in [-0.39, 0.29) is 23.7 Å². The average Bonchev–Trinajstić information content (AvgIpc) is 2.90. The second-order valence-corrected chi connectivity index (χ2v) is 5.40. The highest BCUT2D eigenvalue weighted by molar-refractivity contribution is 5.47. The number of nitrogens with one attached hydrogen (secondary N) is 2. The van der Waals surface area contributed by atoms with Gasteiger partial charge in [0.2, 0.25) is 0 Å². The summed E-state index contributed by atoms with van der Waals surface area (Å²) in [5.74, 6) is -1.34. The van der Waals surface area contributed by atoms with Gasteiger partial charge in [0.05, 0.1) is 6.61 Å². The summed E-state index contributed by atoms with van der Waals surface area (Å²) in [6.07, 6.45) is 3.98. The third-order valence-corrected chi connectivity index (χ3v) is 3.90. The monoisotopic (exact) mass is 285 g/mol. The summed E-state index contributed by atoms with van der Waals surface area (Å²) in [6, 6.07) is 0.827. The molecule has 1 aliphatic carbocycles. The summed E-state index contributed by atoms with van der Waals surface area (Å²) < 4.78 is 27.2. The fraction of sp³-hybridized carbons (Fsp3) is 0.643. The average molecular weight is 285 g/mol. The summed E-state index contributed by atoms with van der Waals surface area (Å²) in [5, 5.41) is 15.2. The second kappa shape index (κ2) is 6.35. The molecular formula is C14H21F2N3O. The molecule has 1 saturated carbocycles. The summed E-state index contributed by atoms with van der Waals surface area (Å²) in [4.78, 5) is 3.93. The zero-order valence-corrected chi connectivity index (χ0v) is 11.7. The van der Waals surface area contributed by atoms with Gasteiger partial charge in [0, 0.05) is 24.6 Å². The van der Waals surface area contributed by atoms with Crippen LogP contribution >= 0.6 is 0 Å². The van der Waals surface area contributed by atoms with Crippen LogP contribution in [0.1, 0.15) is 32.6 Å². The lowest BCUT2D eigenvalue weighted by Crippen LogP contribution is -2.31. The Morgan fingerprint density at radius 2 is 1.80 bits per heavy atom. The van der Waals surface area contributed by atoms with Crippen molar-refractivity contribution in [1.29, 1.82) is 0 Å². The van der Waals surface area contributed by atoms with Crippen LogP contribution in [-0.4, -0.2) is 29.8 Å². The van der Waals surface area contributed by atoms with Crippen LogP contribution in [0.25, 0.3) is 0 Å². The lowest BCUT2D eigenvalue weighted by Gasteiger charge is -2.27. The van der Waals surface area contributed by atoms with Gasteiger partial charge in [0.25, 0.3) is 0 Å². The number of hydrogen-bond acceptors (Lipinski definition) is 4. The summed E-state index contributed by atoms with van der Waals surface area (Å²) in [7, 11) is 0. The molecular weight excluding hydrogens is 264 g/mol. The van der Waals surface area contributed by atoms with Crippen molar-refractivity contribution in [3.05, 3.63) is 17.7 Å². The number of aromatic nitrogens is 1. The van der Waals surface area contributed by atoms with Crippen molar-refractivity contribution in [1.82, 2.24) is 4.98 Å². The molecule has 112 valence electrons. The van der Waals surface area contributed by atoms with Crippen molar-refractivity contribution in [2.24, 2.45) is 5.41 Å². The standard InChI is InChI=1S/C14H21F2N3O/c1-2-17-12-10(15)7-11(16)13(19-12)18-8-14(9-20)5-3-4-6-14/h7,20H,2-6,8-9H2,1H3,(H2,17,18,19). The third-order valence-electron chi connectivity index (χ3n) is 3.90. The Bertz CT molecular complexity index is 462. The summed E-state index contributed by atoms with van der Waals surface area (Å²) in [5.41, 5.74) is -0.207. The predicted molar refractivity (Wildman–Crippen MR) is 74.8 cm³/mol. The van der Waals surface area contributed by atoms with E-state index in [1.54, 1.807) is 0 Å². The Balaban J connectivity index is 2.10. The minimum Gasteiger partial charge on any atom is -0.396 e. The van der Waals surface area contributed by atoms with Gasteiger partial charge in [0.15, 0.2) is 23.3 Å². The first kappa shape index (κ1) is 15.0. The van der Waals surface area contributed by atoms with E-state index in [1.807, 2.05) is 6.92 Å². The Hall–Kier alpha value is -1.43. The lowest BCUT2D eigenvalue weighted by atomic mass is 9.87. The van der Waals surface area contributed by atoms with Crippen molar-refractivity contribution in [2.45, 2.75) is 32.6 Å². The van der Waals surface area contributed by atoms with Gasteiger partial charge < -0.3 is 15.7 Å². The molecule has 0 amide bonds. The summed E-state index contributed by atoms with van der Waals surface area (Å²) in [6.45, 7) is 2.85. The van der Waals surface area contributed by atoms with E-state index in [2.05, 4.69) is 15.6 Å². The molecule has 3 N–H and O–H groups in total. The number of halogens is 2. The van der Waals surface area contributed by atoms with Crippen LogP contribution in [0.5, 0.6) is 0 Å². The first-order valence-corrected chi connectivity index (χ1v) is 7.05. The van der Waals surface area contributed by atoms with Gasteiger partial charge in [-0.3, -0.25) is 0 Å². The predicted octanol–water partition coefficient (Wildman–Crippen LogP) is 2.76. The molecule has 1 aromatic rings. The molecule has 0 saturated heterocycles. The molecule has 0 unspecified atom stereocenters. The molecule has 1 aromatic heterocycles. The molecule has 0 aromatic carbocycles. The van der Waals surface area contributed by atoms with E-state index in [4.69, 9.17) is 0 Å². The van der Waals surface area contributed by atoms with Crippen LogP contribution in [0.2, 0.25) is 0 Å². The topological polar surface area (TPSA) is 57.2 Å². The molecule has 1 aliphatic rings. The highest BCUT2D eigenvalue weighted by Gasteiger charge is 2.33. The van der Waals surface area contributed by atoms with Crippen molar-refractivity contribution < 1.29 is 13.9 Å². The maximum atomic E-state index is 13.7. The number of nitrogens with zero attached hydrogens (tertiary/aromatic N) is 1. The fourth-order valence-corrected chi connectivity index (χ4v) is 2.67. The second-order valence-electron chi connectivity index (χ2n) is 5.40. The van der Waals surface area contributed by atoms with Crippen molar-refractivity contribution in [3.63, 3.8) is 0 Å². The number of hydrogen-bond donors (Lipinski definition) is 3. The van der Waals surface area contributed by atoms with Gasteiger partial charge in [-0.05, 0) is 19.8 Å². The first-order chi connectivity index (χ1) is 9.60. The molecule has 1 heterocycles. The quantitative estimate of drug-likeness (QED) is 0.752. The number of aliphatic hydroxyl groups excluding tert-OH is 1. The maximum absolute atomic E-state index is 13.7. The van der Waals surface area contributed by atoms with E-state index in [1.165, 1.54) is 0 Å². The Morgan fingerprint density at radius 3 is 2.35 bits per heavy atom. The zero-order valence-electron chi connectivity index (χ0n) is 11.7. The number of pyridine rings is 1. The van der Waals surface area contributed by atoms with Crippen molar-refractivity contribution in [2.75, 3.05) is 30.3 Å². The van der Waals surface area contributed by atoms with Crippen LogP contribution in [0, 0.1) is 17.0 Å². The van der Waals surface area contributed by atoms with Crippen LogP contribution < -0.4 is 10.6 Å². The number of aliphatic hydroxyl groups is 1. The van der Waals surface area contributed by atoms with E-state index in [0.29, 0.717) is 13.1 Å². The number of anilines is 2. The molecule has 0 spiro atoms. The third kappa shape index (κ3) is 3.17. The van der Waals surface area contributed by atoms with Crippen LogP contribution in [-0.2, 0) is 0 Å². The van der Waals surface area contributed by atoms with Gasteiger partial charge in [-0.2, -0.15) is 0 Å². The van der Waals surface area contributed by atoms with E-state index < -0.39 is 11.6 Å². The summed E-state index contributed by atoms with van der Waals surface area (Å²) >= 11 is 0. The molecule has 4 nitrogen and oxygen atoms in total. The Labute approximate surface area is 117 Å². The highest BCUT2D eigenvalue weighted by atomic mass is 19.1. The zero-order chi connectivity index (χ0) is 14.6. The molecule has 0 bridgehead atoms. The Morgan fingerprint density at radius 1 is 1.20 bits per heavy atom. The minimum absolute atomic E-state index is 0.0297. The van der Waals surface area contributed by atoms with Gasteiger partial charge in [-0.15, -0.1) is 0 Å². The van der Waals surface area contributed by atoms with E-state index >= 15 is 0 Å². The molecule has 0 radical (unpaired) electrons. The van der Waals surface area contributed by atoms with Gasteiger partial charge >= 0.3 is 0 Å². The van der Waals surface area contributed by atoms with Crippen LogP contribution in [0.4, 0.5) is 20.4 Å². The van der Waals surface area contributed by atoms with Crippen LogP contribution in [0.15, 0.2) is 6.07 Å². The first-order valence-electron chi connectivity index (χ1n) is 7.05. The molecule has 20 heavy (non-hydrogen) atoms. The van der Waals surface area contributed by atoms with E-state index in [0.717, 1.165) is 31.7 Å². The van der Waals surface area contributed by atoms with Gasteiger partial charge in [-0.25, -0.2) is 13.8 Å². The van der Waals surface area contributed by atoms with Gasteiger partial charge in [0.1, 0.15) is 0 Å². The highest BCUT2D eigenvalue weighted by Crippen LogP contribution is 2.37. The molecule has 0 atom stereocenters. The lowest BCUT2D eigenvalue weighted by molar-refractivity contribution is 0.142. The number of rotatable bonds is 6. The minimum atomic E-state index is -0.713. The molecule has 0 aliphatic heterocycles. The molecule has 1 fully saturated rings. The molecule has 6 heteroatoms. The SMILES string of the molecule is CCNc1nc(NCC2(CO)CCCC2)c(F)cc1F. The van der Waals surface area contributed by atoms with Crippen LogP contribution in [0.3, 0.4) is 0 Å². The van der Waals surface area contributed by atoms with E-state index in [9.17, 15) is 13.9 Å². The van der Waals surface area contributed by atoms with Gasteiger partial charge in [-0.1, -0.05) is 12.8 Å². The normalized spacial score (nSPS) is 17.2. The molecule has 2 rings (SSSR count). The smallest absolute Gasteiger partial charge is 0.168 e.